The van der Waals surface area contributed by atoms with Crippen LogP contribution in [0, 0.1) is 17.2 Å². The monoisotopic (exact) mass is 534 g/mol. The summed E-state index contributed by atoms with van der Waals surface area (Å²) in [5.74, 6) is 1.25. The van der Waals surface area contributed by atoms with Crippen LogP contribution in [0.2, 0.25) is 0 Å². The minimum atomic E-state index is -0.774. The van der Waals surface area contributed by atoms with Crippen molar-refractivity contribution in [1.82, 2.24) is 25.3 Å². The van der Waals surface area contributed by atoms with E-state index in [1.807, 2.05) is 13.0 Å². The first-order chi connectivity index (χ1) is 19.0. The lowest BCUT2D eigenvalue weighted by atomic mass is 9.91. The van der Waals surface area contributed by atoms with Gasteiger partial charge in [0.25, 0.3) is 0 Å². The van der Waals surface area contributed by atoms with Gasteiger partial charge in [-0.15, -0.1) is 0 Å². The Labute approximate surface area is 227 Å². The first kappa shape index (κ1) is 25.9. The molecule has 3 heterocycles. The van der Waals surface area contributed by atoms with E-state index in [9.17, 15) is 9.18 Å². The van der Waals surface area contributed by atoms with E-state index in [1.54, 1.807) is 18.3 Å². The van der Waals surface area contributed by atoms with Gasteiger partial charge in [0.1, 0.15) is 5.82 Å². The summed E-state index contributed by atoms with van der Waals surface area (Å²) in [4.78, 5) is 30.2. The third kappa shape index (κ3) is 5.96. The summed E-state index contributed by atoms with van der Waals surface area (Å²) in [7, 11) is 0. The number of nitrogens with zero attached hydrogens (tertiary/aromatic N) is 3. The SMILES string of the molecule is CC1(C(=O)NCC2CC2)COC(c2nc(-c3ccc(F)cc3)c(-c3ccnc(NC4CCCCC4)n3)[nH]2)OC1. The second-order valence-electron chi connectivity index (χ2n) is 11.3. The summed E-state index contributed by atoms with van der Waals surface area (Å²) >= 11 is 0. The zero-order valence-electron chi connectivity index (χ0n) is 22.2. The van der Waals surface area contributed by atoms with E-state index in [0.29, 0.717) is 47.4 Å². The molecule has 6 rings (SSSR count). The summed E-state index contributed by atoms with van der Waals surface area (Å²) < 4.78 is 25.8. The second-order valence-corrected chi connectivity index (χ2v) is 11.3. The predicted molar refractivity (Wildman–Crippen MR) is 144 cm³/mol. The first-order valence-electron chi connectivity index (χ1n) is 13.9. The van der Waals surface area contributed by atoms with Gasteiger partial charge in [-0.2, -0.15) is 0 Å². The molecule has 0 unspecified atom stereocenters. The summed E-state index contributed by atoms with van der Waals surface area (Å²) in [6.45, 7) is 2.97. The Balaban J connectivity index is 1.24. The summed E-state index contributed by atoms with van der Waals surface area (Å²) in [6.07, 6.45) is 9.20. The van der Waals surface area contributed by atoms with Crippen LogP contribution in [0.3, 0.4) is 0 Å². The molecule has 39 heavy (non-hydrogen) atoms. The quantitative estimate of drug-likeness (QED) is 0.373. The standard InChI is InChI=1S/C29H35FN6O3/c1-29(27(37)32-15-18-7-8-18)16-38-26(39-17-29)25-35-23(19-9-11-20(30)12-10-19)24(36-25)22-13-14-31-28(34-22)33-21-5-3-2-4-6-21/h9-14,18,21,26H,2-8,15-17H2,1H3,(H,32,37)(H,35,36)(H,31,33,34). The van der Waals surface area contributed by atoms with Gasteiger partial charge in [0.15, 0.2) is 5.82 Å². The highest BCUT2D eigenvalue weighted by Crippen LogP contribution is 2.36. The van der Waals surface area contributed by atoms with E-state index < -0.39 is 11.7 Å². The van der Waals surface area contributed by atoms with Gasteiger partial charge < -0.3 is 25.1 Å². The smallest absolute Gasteiger partial charge is 0.230 e. The van der Waals surface area contributed by atoms with Gasteiger partial charge in [-0.1, -0.05) is 19.3 Å². The van der Waals surface area contributed by atoms with Crippen molar-refractivity contribution in [3.05, 3.63) is 48.2 Å². The Morgan fingerprint density at radius 3 is 2.51 bits per heavy atom. The zero-order valence-corrected chi connectivity index (χ0v) is 22.2. The Hall–Kier alpha value is -3.37. The lowest BCUT2D eigenvalue weighted by molar-refractivity contribution is -0.231. The fourth-order valence-electron chi connectivity index (χ4n) is 5.17. The molecule has 0 spiro atoms. The van der Waals surface area contributed by atoms with E-state index in [-0.39, 0.29) is 24.9 Å². The van der Waals surface area contributed by atoms with Crippen LogP contribution in [-0.4, -0.2) is 51.6 Å². The van der Waals surface area contributed by atoms with Crippen LogP contribution in [-0.2, 0) is 14.3 Å². The summed E-state index contributed by atoms with van der Waals surface area (Å²) in [5, 5.41) is 6.51. The number of amides is 1. The van der Waals surface area contributed by atoms with Gasteiger partial charge >= 0.3 is 0 Å². The molecule has 10 heteroatoms. The Kier molecular flexibility index (Phi) is 7.31. The highest BCUT2D eigenvalue weighted by Gasteiger charge is 2.41. The van der Waals surface area contributed by atoms with Gasteiger partial charge in [0.2, 0.25) is 18.1 Å². The number of H-pyrrole nitrogens is 1. The van der Waals surface area contributed by atoms with E-state index in [0.717, 1.165) is 18.4 Å². The molecule has 2 aromatic heterocycles. The number of anilines is 1. The third-order valence-electron chi connectivity index (χ3n) is 7.82. The number of carbonyl (C=O) groups excluding carboxylic acids is 1. The van der Waals surface area contributed by atoms with E-state index in [2.05, 4.69) is 20.6 Å². The molecule has 9 nitrogen and oxygen atoms in total. The minimum absolute atomic E-state index is 0.0565. The molecule has 1 aliphatic heterocycles. The molecule has 3 aromatic rings. The normalized spacial score (nSPS) is 23.9. The molecule has 1 saturated heterocycles. The minimum Gasteiger partial charge on any atom is -0.355 e. The number of rotatable bonds is 8. The molecule has 0 bridgehead atoms. The predicted octanol–water partition coefficient (Wildman–Crippen LogP) is 5.00. The van der Waals surface area contributed by atoms with Crippen LogP contribution in [0.15, 0.2) is 36.5 Å². The maximum absolute atomic E-state index is 13.7. The number of imidazole rings is 1. The zero-order chi connectivity index (χ0) is 26.8. The number of halogens is 1. The highest BCUT2D eigenvalue weighted by molar-refractivity contribution is 5.82. The van der Waals surface area contributed by atoms with Crippen molar-refractivity contribution in [3.8, 4) is 22.6 Å². The van der Waals surface area contributed by atoms with Crippen molar-refractivity contribution in [2.24, 2.45) is 11.3 Å². The average Bonchev–Trinajstić information content (AvgIpc) is 3.69. The molecule has 0 radical (unpaired) electrons. The molecule has 3 N–H and O–H groups in total. The third-order valence-corrected chi connectivity index (χ3v) is 7.82. The van der Waals surface area contributed by atoms with E-state index in [4.69, 9.17) is 19.4 Å². The Morgan fingerprint density at radius 1 is 1.05 bits per heavy atom. The topological polar surface area (TPSA) is 114 Å². The number of carbonyl (C=O) groups is 1. The molecule has 206 valence electrons. The summed E-state index contributed by atoms with van der Waals surface area (Å²) in [5.41, 5.74) is 1.88. The molecular formula is C29H35FN6O3. The fourth-order valence-corrected chi connectivity index (χ4v) is 5.17. The number of hydrogen-bond donors (Lipinski definition) is 3. The first-order valence-corrected chi connectivity index (χ1v) is 13.9. The van der Waals surface area contributed by atoms with Gasteiger partial charge in [-0.25, -0.2) is 19.3 Å². The van der Waals surface area contributed by atoms with Crippen molar-refractivity contribution >= 4 is 11.9 Å². The van der Waals surface area contributed by atoms with Crippen molar-refractivity contribution in [2.75, 3.05) is 25.1 Å². The largest absolute Gasteiger partial charge is 0.355 e. The lowest BCUT2D eigenvalue weighted by Crippen LogP contribution is -2.49. The number of aromatic nitrogens is 4. The Bertz CT molecular complexity index is 1290. The molecule has 1 aromatic carbocycles. The molecule has 3 fully saturated rings. The number of benzene rings is 1. The number of nitrogens with one attached hydrogen (secondary N) is 3. The molecule has 3 aliphatic rings. The van der Waals surface area contributed by atoms with Crippen LogP contribution in [0.25, 0.3) is 22.6 Å². The van der Waals surface area contributed by atoms with Crippen LogP contribution < -0.4 is 10.6 Å². The molecule has 2 aliphatic carbocycles. The summed E-state index contributed by atoms with van der Waals surface area (Å²) in [6, 6.07) is 8.37. The number of aromatic amines is 1. The van der Waals surface area contributed by atoms with E-state index in [1.165, 1.54) is 44.2 Å². The highest BCUT2D eigenvalue weighted by atomic mass is 19.1. The molecule has 0 atom stereocenters. The van der Waals surface area contributed by atoms with E-state index >= 15 is 0 Å². The van der Waals surface area contributed by atoms with Gasteiger partial charge in [0.05, 0.1) is 35.7 Å². The maximum Gasteiger partial charge on any atom is 0.230 e. The lowest BCUT2D eigenvalue weighted by Gasteiger charge is -2.35. The van der Waals surface area contributed by atoms with Crippen molar-refractivity contribution in [1.29, 1.82) is 0 Å². The average molecular weight is 535 g/mol. The van der Waals surface area contributed by atoms with Gasteiger partial charge in [-0.3, -0.25) is 4.79 Å². The van der Waals surface area contributed by atoms with Crippen LogP contribution >= 0.6 is 0 Å². The van der Waals surface area contributed by atoms with Gasteiger partial charge in [-0.05, 0) is 68.9 Å². The fraction of sp³-hybridized carbons (Fsp3) is 0.517. The Morgan fingerprint density at radius 2 is 1.79 bits per heavy atom. The number of hydrogen-bond acceptors (Lipinski definition) is 7. The van der Waals surface area contributed by atoms with Gasteiger partial charge in [0, 0.05) is 24.3 Å². The van der Waals surface area contributed by atoms with Crippen molar-refractivity contribution in [3.63, 3.8) is 0 Å². The molecule has 1 amide bonds. The van der Waals surface area contributed by atoms with Crippen molar-refractivity contribution < 1.29 is 18.7 Å². The van der Waals surface area contributed by atoms with Crippen LogP contribution in [0.4, 0.5) is 10.3 Å². The second kappa shape index (κ2) is 11.0. The van der Waals surface area contributed by atoms with Crippen LogP contribution in [0.5, 0.6) is 0 Å². The maximum atomic E-state index is 13.7. The number of ether oxygens (including phenoxy) is 2. The van der Waals surface area contributed by atoms with Crippen molar-refractivity contribution in [2.45, 2.75) is 64.2 Å². The van der Waals surface area contributed by atoms with Crippen LogP contribution in [0.1, 0.15) is 64.0 Å². The molecular weight excluding hydrogens is 499 g/mol. The molecule has 2 saturated carbocycles.